The van der Waals surface area contributed by atoms with Crippen LogP contribution in [0.25, 0.3) is 5.57 Å². The van der Waals surface area contributed by atoms with Crippen LogP contribution in [-0.4, -0.2) is 50.0 Å². The maximum Gasteiger partial charge on any atom is 0.262 e. The van der Waals surface area contributed by atoms with Crippen LogP contribution >= 0.6 is 0 Å². The van der Waals surface area contributed by atoms with Crippen LogP contribution < -0.4 is 0 Å². The van der Waals surface area contributed by atoms with Gasteiger partial charge < -0.3 is 4.74 Å². The lowest BCUT2D eigenvalue weighted by molar-refractivity contribution is -0.121. The summed E-state index contributed by atoms with van der Waals surface area (Å²) in [6.45, 7) is 7.41. The lowest BCUT2D eigenvalue weighted by Crippen LogP contribution is -2.34. The number of benzene rings is 1. The summed E-state index contributed by atoms with van der Waals surface area (Å²) in [7, 11) is 1.56. The summed E-state index contributed by atoms with van der Waals surface area (Å²) in [6, 6.07) is 5.80. The summed E-state index contributed by atoms with van der Waals surface area (Å²) in [5.41, 5.74) is 1.29. The maximum absolute atomic E-state index is 14.1. The van der Waals surface area contributed by atoms with Gasteiger partial charge in [0.1, 0.15) is 17.7 Å². The summed E-state index contributed by atoms with van der Waals surface area (Å²) in [5.74, 6) is -1.83. The Hall–Kier alpha value is -3.70. The number of amides is 1. The SMILES string of the molecule is C=C(C(=O)N(C(/C=N\C)=C/C)/C1=C(\C)C/N=C\C(F)=C/COC1)c1cccc(F)c1C#N. The molecule has 0 aliphatic carbocycles. The van der Waals surface area contributed by atoms with E-state index in [-0.39, 0.29) is 36.5 Å². The van der Waals surface area contributed by atoms with Crippen molar-refractivity contribution in [1.29, 1.82) is 5.26 Å². The fourth-order valence-corrected chi connectivity index (χ4v) is 3.02. The lowest BCUT2D eigenvalue weighted by atomic mass is 9.99. The van der Waals surface area contributed by atoms with Gasteiger partial charge in [0.25, 0.3) is 5.91 Å². The smallest absolute Gasteiger partial charge is 0.262 e. The summed E-state index contributed by atoms with van der Waals surface area (Å²) < 4.78 is 33.3. The quantitative estimate of drug-likeness (QED) is 0.506. The van der Waals surface area contributed by atoms with Gasteiger partial charge in [-0.1, -0.05) is 24.8 Å². The zero-order valence-corrected chi connectivity index (χ0v) is 18.2. The van der Waals surface area contributed by atoms with Crippen LogP contribution in [0.4, 0.5) is 8.78 Å². The summed E-state index contributed by atoms with van der Waals surface area (Å²) in [5, 5.41) is 9.38. The fraction of sp³-hybridized carbons (Fsp3) is 0.250. The van der Waals surface area contributed by atoms with E-state index in [1.165, 1.54) is 29.3 Å². The van der Waals surface area contributed by atoms with E-state index in [2.05, 4.69) is 16.6 Å². The monoisotopic (exact) mass is 438 g/mol. The third-order valence-corrected chi connectivity index (χ3v) is 4.67. The van der Waals surface area contributed by atoms with Gasteiger partial charge in [-0.05, 0) is 31.6 Å². The Kier molecular flexibility index (Phi) is 8.93. The minimum absolute atomic E-state index is 0.0205. The molecule has 1 heterocycles. The average molecular weight is 438 g/mol. The molecule has 1 aromatic rings. The number of carbonyl (C=O) groups is 1. The normalized spacial score (nSPS) is 20.2. The van der Waals surface area contributed by atoms with Crippen molar-refractivity contribution in [3.63, 3.8) is 0 Å². The van der Waals surface area contributed by atoms with Gasteiger partial charge in [-0.25, -0.2) is 8.78 Å². The third kappa shape index (κ3) is 5.71. The Bertz CT molecular complexity index is 1090. The highest BCUT2D eigenvalue weighted by molar-refractivity contribution is 6.21. The molecule has 0 radical (unpaired) electrons. The van der Waals surface area contributed by atoms with Gasteiger partial charge in [-0.3, -0.25) is 19.7 Å². The molecule has 166 valence electrons. The molecule has 1 amide bonds. The summed E-state index contributed by atoms with van der Waals surface area (Å²) in [6.07, 6.45) is 5.50. The number of rotatable bonds is 5. The molecule has 0 saturated heterocycles. The topological polar surface area (TPSA) is 78.1 Å². The van der Waals surface area contributed by atoms with E-state index < -0.39 is 17.6 Å². The molecule has 0 spiro atoms. The molecule has 2 rings (SSSR count). The highest BCUT2D eigenvalue weighted by atomic mass is 19.1. The minimum atomic E-state index is -0.743. The number of nitrogens with zero attached hydrogens (tertiary/aromatic N) is 4. The lowest BCUT2D eigenvalue weighted by Gasteiger charge is -2.29. The van der Waals surface area contributed by atoms with Gasteiger partial charge in [0, 0.05) is 24.4 Å². The standard InChI is InChI=1S/C24H24F2N4O2/c1-5-19(14-28-4)30(23-15-32-10-9-18(25)13-29-12-16(23)2)24(31)17(3)20-7-6-8-22(26)21(20)11-27/h5-9,13-14H,3,10,12,15H2,1-2,4H3/b18-9+,19-5+,23-16+,28-14-,29-13-. The Morgan fingerprint density at radius 2 is 2.16 bits per heavy atom. The Balaban J connectivity index is 2.61. The van der Waals surface area contributed by atoms with E-state index >= 15 is 0 Å². The molecule has 0 atom stereocenters. The van der Waals surface area contributed by atoms with Crippen molar-refractivity contribution in [2.45, 2.75) is 13.8 Å². The molecule has 0 N–H and O–H groups in total. The molecule has 0 bridgehead atoms. The number of nitriles is 1. The zero-order valence-electron chi connectivity index (χ0n) is 18.2. The van der Waals surface area contributed by atoms with Crippen LogP contribution in [0.2, 0.25) is 0 Å². The predicted octanol–water partition coefficient (Wildman–Crippen LogP) is 4.37. The van der Waals surface area contributed by atoms with E-state index in [0.717, 1.165) is 12.3 Å². The largest absolute Gasteiger partial charge is 0.371 e. The van der Waals surface area contributed by atoms with Crippen LogP contribution in [0, 0.1) is 17.1 Å². The van der Waals surface area contributed by atoms with E-state index in [9.17, 15) is 18.8 Å². The number of ether oxygens (including phenoxy) is 1. The molecule has 6 nitrogen and oxygen atoms in total. The molecule has 0 aromatic heterocycles. The average Bonchev–Trinajstić information content (AvgIpc) is 2.78. The van der Waals surface area contributed by atoms with Crippen molar-refractivity contribution in [1.82, 2.24) is 4.90 Å². The Labute approximate surface area is 186 Å². The van der Waals surface area contributed by atoms with E-state index in [1.54, 1.807) is 33.0 Å². The molecule has 1 aliphatic heterocycles. The minimum Gasteiger partial charge on any atom is -0.371 e. The first-order valence-electron chi connectivity index (χ1n) is 9.78. The fourth-order valence-electron chi connectivity index (χ4n) is 3.02. The highest BCUT2D eigenvalue weighted by Crippen LogP contribution is 2.27. The van der Waals surface area contributed by atoms with Gasteiger partial charge >= 0.3 is 0 Å². The molecule has 0 saturated carbocycles. The first-order valence-corrected chi connectivity index (χ1v) is 9.78. The summed E-state index contributed by atoms with van der Waals surface area (Å²) >= 11 is 0. The maximum atomic E-state index is 14.1. The highest BCUT2D eigenvalue weighted by Gasteiger charge is 2.27. The van der Waals surface area contributed by atoms with Gasteiger partial charge in [0.15, 0.2) is 0 Å². The van der Waals surface area contributed by atoms with Gasteiger partial charge in [0.2, 0.25) is 0 Å². The molecule has 0 fully saturated rings. The molecule has 1 aliphatic rings. The molecule has 8 heteroatoms. The third-order valence-electron chi connectivity index (χ3n) is 4.67. The van der Waals surface area contributed by atoms with Crippen molar-refractivity contribution in [3.8, 4) is 6.07 Å². The second-order valence-electron chi connectivity index (χ2n) is 6.80. The van der Waals surface area contributed by atoms with Crippen LogP contribution in [0.5, 0.6) is 0 Å². The Morgan fingerprint density at radius 1 is 1.41 bits per heavy atom. The van der Waals surface area contributed by atoms with Crippen molar-refractivity contribution in [2.75, 3.05) is 26.8 Å². The number of aliphatic imine (C=N–C) groups is 2. The number of hydrogen-bond donors (Lipinski definition) is 0. The second-order valence-corrected chi connectivity index (χ2v) is 6.80. The van der Waals surface area contributed by atoms with E-state index in [0.29, 0.717) is 17.0 Å². The number of carbonyl (C=O) groups excluding carboxylic acids is 1. The van der Waals surface area contributed by atoms with Crippen molar-refractivity contribution in [3.05, 3.63) is 76.7 Å². The van der Waals surface area contributed by atoms with Crippen LogP contribution in [0.1, 0.15) is 25.0 Å². The van der Waals surface area contributed by atoms with Crippen LogP contribution in [0.15, 0.2) is 69.7 Å². The van der Waals surface area contributed by atoms with Crippen LogP contribution in [0.3, 0.4) is 0 Å². The summed E-state index contributed by atoms with van der Waals surface area (Å²) in [4.78, 5) is 23.1. The van der Waals surface area contributed by atoms with Crippen molar-refractivity contribution < 1.29 is 18.3 Å². The van der Waals surface area contributed by atoms with Crippen molar-refractivity contribution >= 4 is 23.9 Å². The van der Waals surface area contributed by atoms with E-state index in [4.69, 9.17) is 4.74 Å². The molecule has 32 heavy (non-hydrogen) atoms. The molecular formula is C24H24F2N4O2. The first kappa shape index (κ1) is 24.6. The van der Waals surface area contributed by atoms with Gasteiger partial charge in [-0.15, -0.1) is 0 Å². The molecule has 1 aromatic carbocycles. The number of halogens is 2. The number of allylic oxidation sites excluding steroid dienone is 3. The van der Waals surface area contributed by atoms with Gasteiger partial charge in [0.05, 0.1) is 42.9 Å². The Morgan fingerprint density at radius 3 is 2.81 bits per heavy atom. The van der Waals surface area contributed by atoms with Crippen LogP contribution in [-0.2, 0) is 9.53 Å². The van der Waals surface area contributed by atoms with Crippen molar-refractivity contribution in [2.24, 2.45) is 9.98 Å². The van der Waals surface area contributed by atoms with Gasteiger partial charge in [-0.2, -0.15) is 5.26 Å². The molecule has 0 unspecified atom stereocenters. The molecular weight excluding hydrogens is 414 g/mol. The first-order chi connectivity index (χ1) is 15.3. The zero-order chi connectivity index (χ0) is 23.7. The van der Waals surface area contributed by atoms with E-state index in [1.807, 2.05) is 0 Å². The second kappa shape index (κ2) is 11.6. The predicted molar refractivity (Wildman–Crippen MR) is 121 cm³/mol. The number of hydrogen-bond acceptors (Lipinski definition) is 5.